The molecule has 1 saturated heterocycles. The predicted molar refractivity (Wildman–Crippen MR) is 143 cm³/mol. The Morgan fingerprint density at radius 2 is 1.76 bits per heavy atom. The first-order valence-corrected chi connectivity index (χ1v) is 12.4. The molecule has 1 atom stereocenters. The Kier molecular flexibility index (Phi) is 8.23. The maximum atomic E-state index is 13.5. The fraction of sp³-hybridized carbons (Fsp3) is 0.222. The zero-order valence-electron chi connectivity index (χ0n) is 20.2. The number of methoxy groups -OCH3 is 1. The molecule has 0 aliphatic carbocycles. The minimum atomic E-state index is -4.59. The smallest absolute Gasteiger partial charge is 0.416 e. The molecule has 0 saturated carbocycles. The van der Waals surface area contributed by atoms with Crippen LogP contribution in [0, 0.1) is 0 Å². The van der Waals surface area contributed by atoms with E-state index in [0.717, 1.165) is 22.6 Å². The fourth-order valence-corrected chi connectivity index (χ4v) is 4.65. The Morgan fingerprint density at radius 1 is 1.08 bits per heavy atom. The number of benzene rings is 3. The van der Waals surface area contributed by atoms with E-state index in [1.54, 1.807) is 48.4 Å². The van der Waals surface area contributed by atoms with E-state index in [9.17, 15) is 22.8 Å². The van der Waals surface area contributed by atoms with Crippen molar-refractivity contribution in [2.75, 3.05) is 23.9 Å². The number of rotatable bonds is 8. The molecular weight excluding hydrogens is 539 g/mol. The fourth-order valence-electron chi connectivity index (χ4n) is 4.11. The van der Waals surface area contributed by atoms with Crippen LogP contribution in [-0.2, 0) is 22.2 Å². The summed E-state index contributed by atoms with van der Waals surface area (Å²) in [6.45, 7) is 0.269. The number of amides is 2. The summed E-state index contributed by atoms with van der Waals surface area (Å²) in [5.74, 6) is -0.336. The molecule has 38 heavy (non-hydrogen) atoms. The number of hydrogen-bond acceptors (Lipinski definition) is 4. The molecule has 6 nitrogen and oxygen atoms in total. The molecule has 1 aliphatic rings. The Balaban J connectivity index is 1.59. The van der Waals surface area contributed by atoms with E-state index in [0.29, 0.717) is 22.9 Å². The SMILES string of the molecule is COc1ccc(CCN2C(=S)N(c3cccc(C(F)(F)F)c3)C(=O)C2CC(=O)Nc2ccc(Cl)cc2)cc1. The number of carbonyl (C=O) groups excluding carboxylic acids is 2. The third-order valence-electron chi connectivity index (χ3n) is 6.06. The van der Waals surface area contributed by atoms with Gasteiger partial charge in [-0.25, -0.2) is 0 Å². The van der Waals surface area contributed by atoms with Crippen molar-refractivity contribution in [3.05, 3.63) is 88.9 Å². The lowest BCUT2D eigenvalue weighted by Gasteiger charge is -2.24. The lowest BCUT2D eigenvalue weighted by Crippen LogP contribution is -2.39. The number of halogens is 4. The first-order chi connectivity index (χ1) is 18.1. The Morgan fingerprint density at radius 3 is 2.39 bits per heavy atom. The molecule has 0 radical (unpaired) electrons. The molecule has 4 rings (SSSR count). The second kappa shape index (κ2) is 11.4. The van der Waals surface area contributed by atoms with Crippen molar-refractivity contribution in [1.29, 1.82) is 0 Å². The third kappa shape index (κ3) is 6.25. The second-order valence-electron chi connectivity index (χ2n) is 8.57. The molecule has 1 N–H and O–H groups in total. The quantitative estimate of drug-likeness (QED) is 0.345. The zero-order valence-corrected chi connectivity index (χ0v) is 21.7. The molecule has 198 valence electrons. The minimum Gasteiger partial charge on any atom is -0.497 e. The number of thiocarbonyl (C=S) groups is 1. The van der Waals surface area contributed by atoms with Crippen LogP contribution in [0.4, 0.5) is 24.5 Å². The van der Waals surface area contributed by atoms with Gasteiger partial charge >= 0.3 is 6.18 Å². The Labute approximate surface area is 227 Å². The van der Waals surface area contributed by atoms with Crippen LogP contribution in [0.3, 0.4) is 0 Å². The van der Waals surface area contributed by atoms with Crippen molar-refractivity contribution in [2.24, 2.45) is 0 Å². The predicted octanol–water partition coefficient (Wildman–Crippen LogP) is 5.94. The number of anilines is 2. The van der Waals surface area contributed by atoms with Crippen LogP contribution in [0.25, 0.3) is 0 Å². The van der Waals surface area contributed by atoms with E-state index in [2.05, 4.69) is 5.32 Å². The van der Waals surface area contributed by atoms with Gasteiger partial charge in [0.1, 0.15) is 11.8 Å². The van der Waals surface area contributed by atoms with Gasteiger partial charge in [0.15, 0.2) is 5.11 Å². The van der Waals surface area contributed by atoms with Crippen LogP contribution < -0.4 is 15.0 Å². The molecule has 3 aromatic rings. The van der Waals surface area contributed by atoms with E-state index >= 15 is 0 Å². The van der Waals surface area contributed by atoms with Gasteiger partial charge in [0, 0.05) is 17.3 Å². The summed E-state index contributed by atoms with van der Waals surface area (Å²) < 4.78 is 45.2. The molecule has 0 bridgehead atoms. The number of nitrogens with zero attached hydrogens (tertiary/aromatic N) is 2. The second-order valence-corrected chi connectivity index (χ2v) is 9.37. The van der Waals surface area contributed by atoms with Crippen LogP contribution in [0.2, 0.25) is 5.02 Å². The highest BCUT2D eigenvalue weighted by Gasteiger charge is 2.44. The van der Waals surface area contributed by atoms with Gasteiger partial charge in [0.25, 0.3) is 5.91 Å². The Bertz CT molecular complexity index is 1330. The van der Waals surface area contributed by atoms with Gasteiger partial charge in [0.2, 0.25) is 5.91 Å². The monoisotopic (exact) mass is 561 g/mol. The number of nitrogens with one attached hydrogen (secondary N) is 1. The molecule has 1 fully saturated rings. The maximum Gasteiger partial charge on any atom is 0.416 e. The van der Waals surface area contributed by atoms with Crippen LogP contribution >= 0.6 is 23.8 Å². The molecule has 11 heteroatoms. The van der Waals surface area contributed by atoms with Gasteiger partial charge in [0.05, 0.1) is 24.8 Å². The van der Waals surface area contributed by atoms with Crippen LogP contribution in [0.1, 0.15) is 17.5 Å². The summed E-state index contributed by atoms with van der Waals surface area (Å²) in [6, 6.07) is 17.2. The number of carbonyl (C=O) groups is 2. The van der Waals surface area contributed by atoms with E-state index in [1.807, 2.05) is 12.1 Å². The standard InChI is InChI=1S/C27H23ClF3N3O3S/c1-37-22-11-5-17(6-12-22)13-14-33-23(16-24(35)32-20-9-7-19(28)8-10-20)25(36)34(26(33)38)21-4-2-3-18(15-21)27(29,30)31/h2-12,15,23H,13-14,16H2,1H3,(H,32,35). The molecule has 0 aromatic heterocycles. The van der Waals surface area contributed by atoms with Crippen molar-refractivity contribution in [2.45, 2.75) is 25.1 Å². The maximum absolute atomic E-state index is 13.5. The molecule has 0 spiro atoms. The first kappa shape index (κ1) is 27.4. The third-order valence-corrected chi connectivity index (χ3v) is 6.73. The molecule has 2 amide bonds. The summed E-state index contributed by atoms with van der Waals surface area (Å²) in [5, 5.41) is 3.26. The van der Waals surface area contributed by atoms with E-state index in [1.165, 1.54) is 12.1 Å². The van der Waals surface area contributed by atoms with Crippen LogP contribution in [0.15, 0.2) is 72.8 Å². The van der Waals surface area contributed by atoms with Gasteiger partial charge in [-0.1, -0.05) is 29.8 Å². The lowest BCUT2D eigenvalue weighted by atomic mass is 10.1. The summed E-state index contributed by atoms with van der Waals surface area (Å²) in [5.41, 5.74) is 0.513. The molecule has 1 unspecified atom stereocenters. The van der Waals surface area contributed by atoms with E-state index in [4.69, 9.17) is 28.6 Å². The van der Waals surface area contributed by atoms with Crippen molar-refractivity contribution < 1.29 is 27.5 Å². The van der Waals surface area contributed by atoms with Gasteiger partial charge in [-0.2, -0.15) is 13.2 Å². The van der Waals surface area contributed by atoms with Crippen molar-refractivity contribution >= 4 is 52.1 Å². The van der Waals surface area contributed by atoms with Crippen LogP contribution in [-0.4, -0.2) is 41.5 Å². The lowest BCUT2D eigenvalue weighted by molar-refractivity contribution is -0.137. The number of alkyl halides is 3. The Hall–Kier alpha value is -3.63. The van der Waals surface area contributed by atoms with Gasteiger partial charge in [-0.3, -0.25) is 14.5 Å². The van der Waals surface area contributed by atoms with Crippen LogP contribution in [0.5, 0.6) is 5.75 Å². The van der Waals surface area contributed by atoms with E-state index < -0.39 is 29.6 Å². The summed E-state index contributed by atoms with van der Waals surface area (Å²) in [6.07, 6.45) is -4.37. The summed E-state index contributed by atoms with van der Waals surface area (Å²) >= 11 is 11.5. The average Bonchev–Trinajstić information content (AvgIpc) is 3.12. The normalized spacial score (nSPS) is 15.7. The molecule has 1 aliphatic heterocycles. The molecular formula is C27H23ClF3N3O3S. The summed E-state index contributed by atoms with van der Waals surface area (Å²) in [4.78, 5) is 29.0. The molecule has 3 aromatic carbocycles. The zero-order chi connectivity index (χ0) is 27.4. The highest BCUT2D eigenvalue weighted by molar-refractivity contribution is 7.80. The highest BCUT2D eigenvalue weighted by Crippen LogP contribution is 2.34. The minimum absolute atomic E-state index is 0.00937. The number of ether oxygens (including phenoxy) is 1. The largest absolute Gasteiger partial charge is 0.497 e. The van der Waals surface area contributed by atoms with E-state index in [-0.39, 0.29) is 23.8 Å². The van der Waals surface area contributed by atoms with Crippen molar-refractivity contribution in [3.8, 4) is 5.75 Å². The highest BCUT2D eigenvalue weighted by atomic mass is 35.5. The van der Waals surface area contributed by atoms with Crippen molar-refractivity contribution in [3.63, 3.8) is 0 Å². The van der Waals surface area contributed by atoms with Crippen molar-refractivity contribution in [1.82, 2.24) is 4.90 Å². The van der Waals surface area contributed by atoms with Gasteiger partial charge in [-0.15, -0.1) is 0 Å². The average molecular weight is 562 g/mol. The molecule has 1 heterocycles. The first-order valence-electron chi connectivity index (χ1n) is 11.6. The topological polar surface area (TPSA) is 61.9 Å². The number of hydrogen-bond donors (Lipinski definition) is 1. The summed E-state index contributed by atoms with van der Waals surface area (Å²) in [7, 11) is 1.56. The van der Waals surface area contributed by atoms with Gasteiger partial charge < -0.3 is 15.0 Å². The van der Waals surface area contributed by atoms with Gasteiger partial charge in [-0.05, 0) is 78.8 Å².